The van der Waals surface area contributed by atoms with Gasteiger partial charge in [-0.15, -0.1) is 6.58 Å². The number of aliphatic hydroxyl groups excluding tert-OH is 1. The smallest absolute Gasteiger partial charge is 0.0431 e. The Labute approximate surface area is 186 Å². The van der Waals surface area contributed by atoms with Crippen molar-refractivity contribution in [3.63, 3.8) is 0 Å². The van der Waals surface area contributed by atoms with Gasteiger partial charge in [0.1, 0.15) is 0 Å². The summed E-state index contributed by atoms with van der Waals surface area (Å²) < 4.78 is 0. The molecule has 0 rings (SSSR count). The van der Waals surface area contributed by atoms with Crippen LogP contribution in [0.2, 0.25) is 0 Å². The predicted octanol–water partition coefficient (Wildman–Crippen LogP) is 10.2. The minimum Gasteiger partial charge on any atom is -0.396 e. The number of aliphatic hydroxyl groups is 1. The van der Waals surface area contributed by atoms with Gasteiger partial charge in [-0.2, -0.15) is 0 Å². The van der Waals surface area contributed by atoms with Crippen LogP contribution in [-0.4, -0.2) is 11.7 Å². The third kappa shape index (κ3) is 35.5. The highest BCUT2D eigenvalue weighted by molar-refractivity contribution is 4.65. The molecular formula is C28H58O. The fourth-order valence-corrected chi connectivity index (χ4v) is 3.73. The first kappa shape index (κ1) is 30.9. The van der Waals surface area contributed by atoms with Crippen LogP contribution < -0.4 is 0 Å². The summed E-state index contributed by atoms with van der Waals surface area (Å²) in [5, 5.41) is 8.57. The first-order chi connectivity index (χ1) is 14.3. The normalized spacial score (nSPS) is 10.6. The van der Waals surface area contributed by atoms with Crippen molar-refractivity contribution in [3.05, 3.63) is 12.7 Å². The summed E-state index contributed by atoms with van der Waals surface area (Å²) in [5.41, 5.74) is 0. The molecule has 0 aromatic rings. The standard InChI is InChI=1S/C16H32.C12H26O/c1-3-5-7-9-11-13-15-16-14-12-10-8-6-4-2;1-2-3-4-5-6-7-8-9-10-11-12-13/h3H,1,4-16H2,2H3;13H,2-12H2,1H3. The lowest BCUT2D eigenvalue weighted by Gasteiger charge is -2.02. The van der Waals surface area contributed by atoms with E-state index in [9.17, 15) is 0 Å². The van der Waals surface area contributed by atoms with E-state index >= 15 is 0 Å². The minimum atomic E-state index is 0.372. The molecule has 0 saturated heterocycles. The van der Waals surface area contributed by atoms with E-state index in [0.29, 0.717) is 6.61 Å². The number of hydrogen-bond donors (Lipinski definition) is 1. The molecule has 29 heavy (non-hydrogen) atoms. The van der Waals surface area contributed by atoms with Crippen LogP contribution in [0.15, 0.2) is 12.7 Å². The van der Waals surface area contributed by atoms with Gasteiger partial charge in [0.15, 0.2) is 0 Å². The molecule has 0 aliphatic carbocycles. The van der Waals surface area contributed by atoms with Crippen molar-refractivity contribution in [1.29, 1.82) is 0 Å². The SMILES string of the molecule is C=CCCCCCCCCCCCCCC.CCCCCCCCCCCCO. The molecule has 0 amide bonds. The molecule has 0 radical (unpaired) electrons. The van der Waals surface area contributed by atoms with Gasteiger partial charge in [0.2, 0.25) is 0 Å². The van der Waals surface area contributed by atoms with Gasteiger partial charge in [0, 0.05) is 6.61 Å². The summed E-state index contributed by atoms with van der Waals surface area (Å²) in [6.07, 6.45) is 33.8. The maximum atomic E-state index is 8.57. The van der Waals surface area contributed by atoms with E-state index < -0.39 is 0 Å². The molecule has 176 valence electrons. The molecule has 0 unspecified atom stereocenters. The molecular weight excluding hydrogens is 352 g/mol. The van der Waals surface area contributed by atoms with E-state index in [-0.39, 0.29) is 0 Å². The molecule has 0 atom stereocenters. The Morgan fingerprint density at radius 1 is 0.448 bits per heavy atom. The summed E-state index contributed by atoms with van der Waals surface area (Å²) in [7, 11) is 0. The van der Waals surface area contributed by atoms with Gasteiger partial charge in [-0.05, 0) is 19.3 Å². The van der Waals surface area contributed by atoms with Crippen molar-refractivity contribution >= 4 is 0 Å². The minimum absolute atomic E-state index is 0.372. The molecule has 0 fully saturated rings. The second kappa shape index (κ2) is 32.4. The van der Waals surface area contributed by atoms with Gasteiger partial charge in [0.05, 0.1) is 0 Å². The zero-order valence-corrected chi connectivity index (χ0v) is 20.7. The summed E-state index contributed by atoms with van der Waals surface area (Å²) in [5.74, 6) is 0. The van der Waals surface area contributed by atoms with Crippen LogP contribution in [0.25, 0.3) is 0 Å². The Balaban J connectivity index is 0. The zero-order chi connectivity index (χ0) is 21.7. The summed E-state index contributed by atoms with van der Waals surface area (Å²) >= 11 is 0. The third-order valence-corrected chi connectivity index (χ3v) is 5.77. The molecule has 1 N–H and O–H groups in total. The molecule has 0 aliphatic rings. The van der Waals surface area contributed by atoms with E-state index in [4.69, 9.17) is 5.11 Å². The highest BCUT2D eigenvalue weighted by Crippen LogP contribution is 2.12. The summed E-state index contributed by atoms with van der Waals surface area (Å²) in [6, 6.07) is 0. The lowest BCUT2D eigenvalue weighted by molar-refractivity contribution is 0.282. The van der Waals surface area contributed by atoms with Crippen molar-refractivity contribution in [2.45, 2.75) is 162 Å². The maximum absolute atomic E-state index is 8.57. The van der Waals surface area contributed by atoms with Gasteiger partial charge >= 0.3 is 0 Å². The fraction of sp³-hybridized carbons (Fsp3) is 0.929. The Morgan fingerprint density at radius 3 is 1.00 bits per heavy atom. The number of allylic oxidation sites excluding steroid dienone is 1. The molecule has 0 aromatic heterocycles. The maximum Gasteiger partial charge on any atom is 0.0431 e. The highest BCUT2D eigenvalue weighted by atomic mass is 16.2. The molecule has 0 heterocycles. The Kier molecular flexibility index (Phi) is 34.5. The average molecular weight is 411 g/mol. The van der Waals surface area contributed by atoms with E-state index in [1.54, 1.807) is 0 Å². The van der Waals surface area contributed by atoms with E-state index in [1.807, 2.05) is 6.08 Å². The van der Waals surface area contributed by atoms with Gasteiger partial charge < -0.3 is 5.11 Å². The van der Waals surface area contributed by atoms with Crippen LogP contribution >= 0.6 is 0 Å². The van der Waals surface area contributed by atoms with E-state index in [1.165, 1.54) is 141 Å². The molecule has 0 spiro atoms. The van der Waals surface area contributed by atoms with E-state index in [2.05, 4.69) is 20.4 Å². The Bertz CT molecular complexity index is 251. The Morgan fingerprint density at radius 2 is 0.724 bits per heavy atom. The molecule has 0 bridgehead atoms. The monoisotopic (exact) mass is 410 g/mol. The number of hydrogen-bond acceptors (Lipinski definition) is 1. The second-order valence-corrected chi connectivity index (χ2v) is 8.87. The largest absolute Gasteiger partial charge is 0.396 e. The van der Waals surface area contributed by atoms with Gasteiger partial charge in [-0.1, -0.05) is 148 Å². The predicted molar refractivity (Wildman–Crippen MR) is 135 cm³/mol. The molecule has 0 aromatic carbocycles. The third-order valence-electron chi connectivity index (χ3n) is 5.77. The number of unbranched alkanes of at least 4 members (excludes halogenated alkanes) is 21. The van der Waals surface area contributed by atoms with Crippen molar-refractivity contribution < 1.29 is 5.11 Å². The van der Waals surface area contributed by atoms with Crippen LogP contribution in [-0.2, 0) is 0 Å². The fourth-order valence-electron chi connectivity index (χ4n) is 3.73. The molecule has 1 nitrogen and oxygen atoms in total. The summed E-state index contributed by atoms with van der Waals surface area (Å²) in [6.45, 7) is 8.66. The topological polar surface area (TPSA) is 20.2 Å². The zero-order valence-electron chi connectivity index (χ0n) is 20.7. The van der Waals surface area contributed by atoms with Crippen molar-refractivity contribution in [2.24, 2.45) is 0 Å². The van der Waals surface area contributed by atoms with Crippen molar-refractivity contribution in [3.8, 4) is 0 Å². The van der Waals surface area contributed by atoms with Crippen LogP contribution in [0.5, 0.6) is 0 Å². The van der Waals surface area contributed by atoms with E-state index in [0.717, 1.165) is 6.42 Å². The quantitative estimate of drug-likeness (QED) is 0.131. The summed E-state index contributed by atoms with van der Waals surface area (Å²) in [4.78, 5) is 0. The van der Waals surface area contributed by atoms with Crippen LogP contribution in [0, 0.1) is 0 Å². The molecule has 0 aliphatic heterocycles. The first-order valence-corrected chi connectivity index (χ1v) is 13.5. The van der Waals surface area contributed by atoms with Crippen molar-refractivity contribution in [2.75, 3.05) is 6.61 Å². The van der Waals surface area contributed by atoms with Gasteiger partial charge in [-0.3, -0.25) is 0 Å². The van der Waals surface area contributed by atoms with Crippen LogP contribution in [0.1, 0.15) is 162 Å². The number of rotatable bonds is 23. The van der Waals surface area contributed by atoms with Crippen molar-refractivity contribution in [1.82, 2.24) is 0 Å². The second-order valence-electron chi connectivity index (χ2n) is 8.87. The van der Waals surface area contributed by atoms with Crippen LogP contribution in [0.4, 0.5) is 0 Å². The molecule has 1 heteroatoms. The lowest BCUT2D eigenvalue weighted by atomic mass is 10.0. The first-order valence-electron chi connectivity index (χ1n) is 13.5. The Hall–Kier alpha value is -0.300. The highest BCUT2D eigenvalue weighted by Gasteiger charge is 1.93. The van der Waals surface area contributed by atoms with Crippen LogP contribution in [0.3, 0.4) is 0 Å². The van der Waals surface area contributed by atoms with Gasteiger partial charge in [0.25, 0.3) is 0 Å². The average Bonchev–Trinajstić information content (AvgIpc) is 2.74. The van der Waals surface area contributed by atoms with Gasteiger partial charge in [-0.25, -0.2) is 0 Å². The molecule has 0 saturated carbocycles. The lowest BCUT2D eigenvalue weighted by Crippen LogP contribution is -1.84.